The summed E-state index contributed by atoms with van der Waals surface area (Å²) in [5.41, 5.74) is 0. The Morgan fingerprint density at radius 2 is 2.05 bits per heavy atom. The number of hydrogen-bond donors (Lipinski definition) is 2. The Morgan fingerprint density at radius 3 is 2.60 bits per heavy atom. The largest absolute Gasteiger partial charge is 0.390 e. The molecule has 0 aliphatic heterocycles. The number of alkyl halides is 3. The smallest absolute Gasteiger partial charge is 0.369 e. The van der Waals surface area contributed by atoms with Crippen molar-refractivity contribution in [2.45, 2.75) is 24.4 Å². The lowest BCUT2D eigenvalue weighted by Crippen LogP contribution is -2.29. The van der Waals surface area contributed by atoms with E-state index >= 15 is 0 Å². The number of halogens is 4. The molecule has 0 saturated carbocycles. The van der Waals surface area contributed by atoms with E-state index in [0.29, 0.717) is 11.0 Å². The molecule has 1 rings (SSSR count). The molecule has 0 aliphatic carbocycles. The van der Waals surface area contributed by atoms with Crippen LogP contribution in [0, 0.1) is 0 Å². The van der Waals surface area contributed by atoms with Gasteiger partial charge in [0.05, 0.1) is 6.42 Å². The van der Waals surface area contributed by atoms with Crippen LogP contribution in [0.15, 0.2) is 21.6 Å². The van der Waals surface area contributed by atoms with Gasteiger partial charge in [0.25, 0.3) is 0 Å². The van der Waals surface area contributed by atoms with E-state index in [1.54, 1.807) is 6.92 Å². The van der Waals surface area contributed by atoms with Gasteiger partial charge < -0.3 is 5.32 Å². The Hall–Kier alpha value is -0.870. The summed E-state index contributed by atoms with van der Waals surface area (Å²) in [4.78, 5) is 3.69. The van der Waals surface area contributed by atoms with Gasteiger partial charge in [-0.25, -0.2) is 18.1 Å². The van der Waals surface area contributed by atoms with Gasteiger partial charge in [-0.1, -0.05) is 0 Å². The topological polar surface area (TPSA) is 71.1 Å². The Morgan fingerprint density at radius 1 is 1.40 bits per heavy atom. The van der Waals surface area contributed by atoms with Gasteiger partial charge in [-0.15, -0.1) is 0 Å². The first kappa shape index (κ1) is 17.2. The van der Waals surface area contributed by atoms with Gasteiger partial charge in [-0.2, -0.15) is 13.2 Å². The van der Waals surface area contributed by atoms with Gasteiger partial charge in [-0.05, 0) is 28.9 Å². The van der Waals surface area contributed by atoms with Crippen molar-refractivity contribution in [1.29, 1.82) is 0 Å². The van der Waals surface area contributed by atoms with Crippen molar-refractivity contribution in [3.63, 3.8) is 0 Å². The third-order valence-electron chi connectivity index (χ3n) is 2.15. The number of sulfonamides is 1. The van der Waals surface area contributed by atoms with E-state index in [-0.39, 0.29) is 10.7 Å². The van der Waals surface area contributed by atoms with E-state index in [9.17, 15) is 21.6 Å². The van der Waals surface area contributed by atoms with Gasteiger partial charge in [0.15, 0.2) is 0 Å². The number of nitrogens with one attached hydrogen (secondary N) is 2. The maximum atomic E-state index is 12.0. The van der Waals surface area contributed by atoms with E-state index in [2.05, 4.69) is 26.2 Å². The van der Waals surface area contributed by atoms with Crippen LogP contribution in [0.4, 0.5) is 19.0 Å². The van der Waals surface area contributed by atoms with Gasteiger partial charge in [0.2, 0.25) is 10.0 Å². The second kappa shape index (κ2) is 6.72. The highest BCUT2D eigenvalue weighted by molar-refractivity contribution is 9.10. The molecule has 114 valence electrons. The highest BCUT2D eigenvalue weighted by atomic mass is 79.9. The maximum Gasteiger partial charge on any atom is 0.390 e. The summed E-state index contributed by atoms with van der Waals surface area (Å²) in [5.74, 6) is 0.0928. The minimum Gasteiger partial charge on any atom is -0.369 e. The lowest BCUT2D eigenvalue weighted by Gasteiger charge is -2.12. The van der Waals surface area contributed by atoms with Crippen LogP contribution in [0.2, 0.25) is 0 Å². The number of rotatable bonds is 6. The lowest BCUT2D eigenvalue weighted by atomic mass is 10.4. The average Bonchev–Trinajstić information content (AvgIpc) is 2.29. The van der Waals surface area contributed by atoms with Crippen LogP contribution in [0.1, 0.15) is 13.3 Å². The van der Waals surface area contributed by atoms with Crippen LogP contribution in [0.5, 0.6) is 0 Å². The molecule has 10 heteroatoms. The van der Waals surface area contributed by atoms with Crippen LogP contribution in [-0.4, -0.2) is 32.7 Å². The fraction of sp³-hybridized carbons (Fsp3) is 0.500. The van der Waals surface area contributed by atoms with E-state index in [1.807, 2.05) is 4.72 Å². The molecule has 2 N–H and O–H groups in total. The summed E-state index contributed by atoms with van der Waals surface area (Å²) in [7, 11) is -4.06. The first-order valence-electron chi connectivity index (χ1n) is 5.61. The zero-order chi connectivity index (χ0) is 15.4. The van der Waals surface area contributed by atoms with Gasteiger partial charge in [0.1, 0.15) is 10.7 Å². The molecule has 5 nitrogen and oxygen atoms in total. The molecule has 0 saturated heterocycles. The van der Waals surface area contributed by atoms with E-state index < -0.39 is 29.2 Å². The second-order valence-corrected chi connectivity index (χ2v) is 6.44. The third kappa shape index (κ3) is 5.25. The fourth-order valence-corrected chi connectivity index (χ4v) is 3.00. The first-order valence-corrected chi connectivity index (χ1v) is 7.89. The lowest BCUT2D eigenvalue weighted by molar-refractivity contribution is -0.132. The fourth-order valence-electron chi connectivity index (χ4n) is 1.33. The average molecular weight is 376 g/mol. The molecule has 1 heterocycles. The van der Waals surface area contributed by atoms with E-state index in [4.69, 9.17) is 0 Å². The van der Waals surface area contributed by atoms with Gasteiger partial charge in [-0.3, -0.25) is 0 Å². The van der Waals surface area contributed by atoms with Crippen LogP contribution in [-0.2, 0) is 10.0 Å². The standard InChI is InChI=1S/C10H13BrF3N3O2S/c1-2-15-9-8(5-7(11)6-16-9)20(18,19)17-4-3-10(12,13)14/h5-6,17H,2-4H2,1H3,(H,15,16). The Balaban J connectivity index is 2.94. The summed E-state index contributed by atoms with van der Waals surface area (Å²) in [6.45, 7) is 1.46. The monoisotopic (exact) mass is 375 g/mol. The van der Waals surface area contributed by atoms with Crippen LogP contribution < -0.4 is 10.0 Å². The SMILES string of the molecule is CCNc1ncc(Br)cc1S(=O)(=O)NCCC(F)(F)F. The Labute approximate surface area is 123 Å². The number of hydrogen-bond acceptors (Lipinski definition) is 4. The van der Waals surface area contributed by atoms with Crippen molar-refractivity contribution >= 4 is 31.8 Å². The second-order valence-electron chi connectivity index (χ2n) is 3.79. The molecule has 0 radical (unpaired) electrons. The molecule has 1 aromatic rings. The number of pyridine rings is 1. The molecule has 0 spiro atoms. The third-order valence-corrected chi connectivity index (χ3v) is 4.06. The summed E-state index contributed by atoms with van der Waals surface area (Å²) in [6, 6.07) is 1.28. The predicted molar refractivity (Wildman–Crippen MR) is 72.0 cm³/mol. The van der Waals surface area contributed by atoms with Crippen molar-refractivity contribution in [2.75, 3.05) is 18.4 Å². The molecular weight excluding hydrogens is 363 g/mol. The van der Waals surface area contributed by atoms with Crippen LogP contribution in [0.25, 0.3) is 0 Å². The van der Waals surface area contributed by atoms with Crippen molar-refractivity contribution < 1.29 is 21.6 Å². The quantitative estimate of drug-likeness (QED) is 0.801. The molecular formula is C10H13BrF3N3O2S. The van der Waals surface area contributed by atoms with E-state index in [1.165, 1.54) is 12.3 Å². The Bertz CT molecular complexity index is 563. The number of anilines is 1. The summed E-state index contributed by atoms with van der Waals surface area (Å²) < 4.78 is 62.4. The molecule has 0 atom stereocenters. The highest BCUT2D eigenvalue weighted by Gasteiger charge is 2.28. The molecule has 0 aromatic carbocycles. The van der Waals surface area contributed by atoms with Gasteiger partial charge in [0, 0.05) is 23.8 Å². The molecule has 0 fully saturated rings. The molecule has 1 aromatic heterocycles. The van der Waals surface area contributed by atoms with Gasteiger partial charge >= 0.3 is 6.18 Å². The normalized spacial score (nSPS) is 12.4. The minimum atomic E-state index is -4.41. The van der Waals surface area contributed by atoms with E-state index in [0.717, 1.165) is 0 Å². The maximum absolute atomic E-state index is 12.0. The molecule has 0 unspecified atom stereocenters. The van der Waals surface area contributed by atoms with Crippen molar-refractivity contribution in [2.24, 2.45) is 0 Å². The molecule has 0 amide bonds. The van der Waals surface area contributed by atoms with Crippen LogP contribution in [0.3, 0.4) is 0 Å². The van der Waals surface area contributed by atoms with Crippen molar-refractivity contribution in [3.05, 3.63) is 16.7 Å². The number of aromatic nitrogens is 1. The summed E-state index contributed by atoms with van der Waals surface area (Å²) >= 11 is 3.08. The first-order chi connectivity index (χ1) is 9.15. The molecule has 0 aliphatic rings. The number of nitrogens with zero attached hydrogens (tertiary/aromatic N) is 1. The molecule has 20 heavy (non-hydrogen) atoms. The summed E-state index contributed by atoms with van der Waals surface area (Å²) in [5, 5.41) is 2.74. The zero-order valence-electron chi connectivity index (χ0n) is 10.5. The highest BCUT2D eigenvalue weighted by Crippen LogP contribution is 2.23. The van der Waals surface area contributed by atoms with Crippen LogP contribution >= 0.6 is 15.9 Å². The van der Waals surface area contributed by atoms with Crippen molar-refractivity contribution in [3.8, 4) is 0 Å². The molecule has 0 bridgehead atoms. The Kier molecular flexibility index (Phi) is 5.78. The zero-order valence-corrected chi connectivity index (χ0v) is 12.9. The minimum absolute atomic E-state index is 0.0928. The summed E-state index contributed by atoms with van der Waals surface area (Å²) in [6.07, 6.45) is -4.25. The van der Waals surface area contributed by atoms with Crippen molar-refractivity contribution in [1.82, 2.24) is 9.71 Å². The predicted octanol–water partition coefficient (Wildman–Crippen LogP) is 2.51.